The topological polar surface area (TPSA) is 71.3 Å². The zero-order valence-corrected chi connectivity index (χ0v) is 13.5. The number of carbonyl (C=O) groups excluding carboxylic acids is 2. The highest BCUT2D eigenvalue weighted by Crippen LogP contribution is 2.15. The average molecular weight is 356 g/mol. The number of nitrogens with one attached hydrogen (secondary N) is 2. The van der Waals surface area contributed by atoms with Crippen molar-refractivity contribution in [2.45, 2.75) is 6.54 Å². The van der Waals surface area contributed by atoms with Crippen LogP contribution < -0.4 is 10.6 Å². The van der Waals surface area contributed by atoms with Gasteiger partial charge in [0.15, 0.2) is 11.6 Å². The van der Waals surface area contributed by atoms with Crippen LogP contribution in [-0.2, 0) is 6.54 Å². The van der Waals surface area contributed by atoms with Crippen molar-refractivity contribution in [1.29, 1.82) is 0 Å². The van der Waals surface area contributed by atoms with Crippen LogP contribution in [-0.4, -0.2) is 11.8 Å². The SMILES string of the molecule is O=C(NCc1ccco1)c1ccc(C(=O)Nc2ccc(F)c(F)c2)cc1. The minimum absolute atomic E-state index is 0.133. The number of anilines is 1. The van der Waals surface area contributed by atoms with Gasteiger partial charge in [-0.15, -0.1) is 0 Å². The molecule has 0 aliphatic carbocycles. The molecular weight excluding hydrogens is 342 g/mol. The van der Waals surface area contributed by atoms with E-state index in [1.54, 1.807) is 12.1 Å². The summed E-state index contributed by atoms with van der Waals surface area (Å²) in [7, 11) is 0. The van der Waals surface area contributed by atoms with E-state index >= 15 is 0 Å². The fourth-order valence-corrected chi connectivity index (χ4v) is 2.23. The molecule has 5 nitrogen and oxygen atoms in total. The Labute approximate surface area is 147 Å². The number of furan rings is 1. The van der Waals surface area contributed by atoms with Crippen molar-refractivity contribution in [2.75, 3.05) is 5.32 Å². The van der Waals surface area contributed by atoms with E-state index < -0.39 is 17.5 Å². The minimum atomic E-state index is -1.05. The predicted molar refractivity (Wildman–Crippen MR) is 90.6 cm³/mol. The van der Waals surface area contributed by atoms with E-state index in [0.29, 0.717) is 11.3 Å². The molecule has 2 amide bonds. The molecule has 0 saturated carbocycles. The van der Waals surface area contributed by atoms with Gasteiger partial charge in [-0.3, -0.25) is 9.59 Å². The van der Waals surface area contributed by atoms with Crippen LogP contribution in [0.25, 0.3) is 0 Å². The maximum Gasteiger partial charge on any atom is 0.255 e. The molecule has 3 aromatic rings. The fourth-order valence-electron chi connectivity index (χ4n) is 2.23. The summed E-state index contributed by atoms with van der Waals surface area (Å²) in [6, 6.07) is 12.5. The first-order chi connectivity index (χ1) is 12.5. The third-order valence-electron chi connectivity index (χ3n) is 3.59. The first kappa shape index (κ1) is 17.3. The summed E-state index contributed by atoms with van der Waals surface area (Å²) in [5, 5.41) is 5.15. The molecule has 2 aromatic carbocycles. The van der Waals surface area contributed by atoms with Crippen LogP contribution in [0.4, 0.5) is 14.5 Å². The highest BCUT2D eigenvalue weighted by Gasteiger charge is 2.11. The van der Waals surface area contributed by atoms with E-state index in [2.05, 4.69) is 10.6 Å². The molecule has 0 bridgehead atoms. The van der Waals surface area contributed by atoms with Crippen molar-refractivity contribution >= 4 is 17.5 Å². The summed E-state index contributed by atoms with van der Waals surface area (Å²) >= 11 is 0. The molecule has 0 fully saturated rings. The molecule has 7 heteroatoms. The Morgan fingerprint density at radius 2 is 1.58 bits per heavy atom. The molecule has 0 atom stereocenters. The molecule has 0 aliphatic rings. The molecule has 0 spiro atoms. The first-order valence-electron chi connectivity index (χ1n) is 7.70. The molecule has 0 radical (unpaired) electrons. The monoisotopic (exact) mass is 356 g/mol. The molecule has 132 valence electrons. The van der Waals surface area contributed by atoms with Gasteiger partial charge in [-0.05, 0) is 48.5 Å². The maximum atomic E-state index is 13.2. The maximum absolute atomic E-state index is 13.2. The summed E-state index contributed by atoms with van der Waals surface area (Å²) in [5.74, 6) is -2.23. The molecule has 1 aromatic heterocycles. The second kappa shape index (κ2) is 7.60. The lowest BCUT2D eigenvalue weighted by Gasteiger charge is -2.07. The lowest BCUT2D eigenvalue weighted by atomic mass is 10.1. The summed E-state index contributed by atoms with van der Waals surface area (Å²) in [6.07, 6.45) is 1.52. The van der Waals surface area contributed by atoms with Crippen LogP contribution in [0.15, 0.2) is 65.3 Å². The van der Waals surface area contributed by atoms with Gasteiger partial charge in [0.05, 0.1) is 12.8 Å². The van der Waals surface area contributed by atoms with E-state index in [0.717, 1.165) is 12.1 Å². The quantitative estimate of drug-likeness (QED) is 0.732. The Morgan fingerprint density at radius 1 is 0.885 bits per heavy atom. The summed E-state index contributed by atoms with van der Waals surface area (Å²) in [6.45, 7) is 0.254. The lowest BCUT2D eigenvalue weighted by molar-refractivity contribution is 0.0946. The molecule has 26 heavy (non-hydrogen) atoms. The molecule has 0 aliphatic heterocycles. The number of carbonyl (C=O) groups is 2. The molecule has 0 unspecified atom stereocenters. The summed E-state index contributed by atoms with van der Waals surface area (Å²) in [4.78, 5) is 24.2. The van der Waals surface area contributed by atoms with Gasteiger partial charge in [0.2, 0.25) is 0 Å². The van der Waals surface area contributed by atoms with Gasteiger partial charge in [0.25, 0.3) is 11.8 Å². The molecular formula is C19H14F2N2O3. The second-order valence-electron chi connectivity index (χ2n) is 5.42. The van der Waals surface area contributed by atoms with Crippen LogP contribution >= 0.6 is 0 Å². The summed E-state index contributed by atoms with van der Waals surface area (Å²) < 4.78 is 31.2. The van der Waals surface area contributed by atoms with Crippen molar-refractivity contribution in [1.82, 2.24) is 5.32 Å². The van der Waals surface area contributed by atoms with Crippen molar-refractivity contribution in [3.05, 3.63) is 89.4 Å². The van der Waals surface area contributed by atoms with E-state index in [1.165, 1.54) is 36.6 Å². The zero-order valence-electron chi connectivity index (χ0n) is 13.5. The average Bonchev–Trinajstić information content (AvgIpc) is 3.16. The van der Waals surface area contributed by atoms with Crippen molar-refractivity contribution in [2.24, 2.45) is 0 Å². The highest BCUT2D eigenvalue weighted by atomic mass is 19.2. The lowest BCUT2D eigenvalue weighted by Crippen LogP contribution is -2.22. The largest absolute Gasteiger partial charge is 0.467 e. The number of halogens is 2. The second-order valence-corrected chi connectivity index (χ2v) is 5.42. The van der Waals surface area contributed by atoms with Crippen molar-refractivity contribution in [3.63, 3.8) is 0 Å². The first-order valence-corrected chi connectivity index (χ1v) is 7.70. The van der Waals surface area contributed by atoms with E-state index in [4.69, 9.17) is 4.42 Å². The van der Waals surface area contributed by atoms with Crippen molar-refractivity contribution in [3.8, 4) is 0 Å². The third-order valence-corrected chi connectivity index (χ3v) is 3.59. The molecule has 0 saturated heterocycles. The van der Waals surface area contributed by atoms with Crippen LogP contribution in [0.3, 0.4) is 0 Å². The van der Waals surface area contributed by atoms with Crippen LogP contribution in [0.5, 0.6) is 0 Å². The van der Waals surface area contributed by atoms with Gasteiger partial charge in [-0.25, -0.2) is 8.78 Å². The summed E-state index contributed by atoms with van der Waals surface area (Å²) in [5.41, 5.74) is 0.785. The van der Waals surface area contributed by atoms with Crippen molar-refractivity contribution < 1.29 is 22.8 Å². The number of amides is 2. The minimum Gasteiger partial charge on any atom is -0.467 e. The smallest absolute Gasteiger partial charge is 0.255 e. The molecule has 2 N–H and O–H groups in total. The number of hydrogen-bond acceptors (Lipinski definition) is 3. The standard InChI is InChI=1S/C19H14F2N2O3/c20-16-8-7-14(10-17(16)21)23-19(25)13-5-3-12(4-6-13)18(24)22-11-15-2-1-9-26-15/h1-10H,11H2,(H,22,24)(H,23,25). The number of benzene rings is 2. The Balaban J connectivity index is 1.61. The van der Waals surface area contributed by atoms with E-state index in [1.807, 2.05) is 0 Å². The van der Waals surface area contributed by atoms with Crippen LogP contribution in [0.2, 0.25) is 0 Å². The van der Waals surface area contributed by atoms with Gasteiger partial charge >= 0.3 is 0 Å². The van der Waals surface area contributed by atoms with Gasteiger partial charge in [-0.2, -0.15) is 0 Å². The van der Waals surface area contributed by atoms with Gasteiger partial charge in [0, 0.05) is 22.9 Å². The number of rotatable bonds is 5. The Bertz CT molecular complexity index is 922. The van der Waals surface area contributed by atoms with Gasteiger partial charge in [0.1, 0.15) is 5.76 Å². The molecule has 3 rings (SSSR count). The molecule has 1 heterocycles. The van der Waals surface area contributed by atoms with Crippen LogP contribution in [0.1, 0.15) is 26.5 Å². The van der Waals surface area contributed by atoms with E-state index in [9.17, 15) is 18.4 Å². The normalized spacial score (nSPS) is 10.4. The van der Waals surface area contributed by atoms with Crippen LogP contribution in [0, 0.1) is 11.6 Å². The highest BCUT2D eigenvalue weighted by molar-refractivity contribution is 6.05. The Morgan fingerprint density at radius 3 is 2.19 bits per heavy atom. The van der Waals surface area contributed by atoms with Gasteiger partial charge < -0.3 is 15.1 Å². The van der Waals surface area contributed by atoms with E-state index in [-0.39, 0.29) is 23.7 Å². The Hall–Kier alpha value is -3.48. The fraction of sp³-hybridized carbons (Fsp3) is 0.0526. The third kappa shape index (κ3) is 4.13. The Kier molecular flexibility index (Phi) is 5.07. The van der Waals surface area contributed by atoms with Gasteiger partial charge in [-0.1, -0.05) is 0 Å². The number of hydrogen-bond donors (Lipinski definition) is 2. The zero-order chi connectivity index (χ0) is 18.5. The predicted octanol–water partition coefficient (Wildman–Crippen LogP) is 3.74.